The molecule has 0 bridgehead atoms. The van der Waals surface area contributed by atoms with Crippen LogP contribution in [0.25, 0.3) is 39.1 Å². The first-order valence-corrected chi connectivity index (χ1v) is 15.6. The van der Waals surface area contributed by atoms with Gasteiger partial charge in [-0.3, -0.25) is 9.69 Å². The van der Waals surface area contributed by atoms with Crippen molar-refractivity contribution in [1.82, 2.24) is 29.8 Å². The lowest BCUT2D eigenvalue weighted by Gasteiger charge is -2.31. The van der Waals surface area contributed by atoms with E-state index in [4.69, 9.17) is 4.98 Å². The number of piperidine rings is 1. The average Bonchev–Trinajstić information content (AvgIpc) is 3.47. The molecule has 3 aromatic carbocycles. The number of rotatable bonds is 8. The van der Waals surface area contributed by atoms with Crippen LogP contribution in [-0.2, 0) is 17.8 Å². The maximum absolute atomic E-state index is 12.8. The van der Waals surface area contributed by atoms with E-state index in [-0.39, 0.29) is 17.6 Å². The highest BCUT2D eigenvalue weighted by atomic mass is 16.3. The third-order valence-electron chi connectivity index (χ3n) is 8.71. The van der Waals surface area contributed by atoms with Crippen LogP contribution in [-0.4, -0.2) is 55.1 Å². The molecule has 0 unspecified atom stereocenters. The van der Waals surface area contributed by atoms with Crippen LogP contribution in [0.15, 0.2) is 97.2 Å². The first kappa shape index (κ1) is 28.7. The Morgan fingerprint density at radius 1 is 0.911 bits per heavy atom. The SMILES string of the molecule is Cc1cc2ncc3cc(-c4ccccc4)c(-c4ccc(CN5CCC(C(=O)NCCc6ccc(O)cc6)CC5)cc4)nc3n2n1. The fourth-order valence-electron chi connectivity index (χ4n) is 6.23. The van der Waals surface area contributed by atoms with Gasteiger partial charge in [0.05, 0.1) is 11.4 Å². The number of benzene rings is 3. The molecule has 1 aliphatic heterocycles. The Morgan fingerprint density at radius 2 is 1.64 bits per heavy atom. The van der Waals surface area contributed by atoms with E-state index in [9.17, 15) is 9.90 Å². The molecule has 6 aromatic rings. The minimum absolute atomic E-state index is 0.0547. The van der Waals surface area contributed by atoms with E-state index >= 15 is 0 Å². The third kappa shape index (κ3) is 6.28. The predicted molar refractivity (Wildman–Crippen MR) is 177 cm³/mol. The van der Waals surface area contributed by atoms with Crippen molar-refractivity contribution in [3.8, 4) is 28.1 Å². The molecule has 4 heterocycles. The van der Waals surface area contributed by atoms with Gasteiger partial charge in [0.25, 0.3) is 0 Å². The molecule has 3 aromatic heterocycles. The Bertz CT molecular complexity index is 1940. The summed E-state index contributed by atoms with van der Waals surface area (Å²) in [5.74, 6) is 0.460. The van der Waals surface area contributed by atoms with Crippen LogP contribution in [0, 0.1) is 12.8 Å². The van der Waals surface area contributed by atoms with Crippen LogP contribution in [0.4, 0.5) is 0 Å². The molecule has 8 nitrogen and oxygen atoms in total. The molecule has 45 heavy (non-hydrogen) atoms. The fraction of sp³-hybridized carbons (Fsp3) is 0.243. The van der Waals surface area contributed by atoms with Gasteiger partial charge in [-0.05, 0) is 74.2 Å². The molecule has 0 saturated carbocycles. The van der Waals surface area contributed by atoms with Gasteiger partial charge in [-0.2, -0.15) is 9.61 Å². The lowest BCUT2D eigenvalue weighted by Crippen LogP contribution is -2.40. The van der Waals surface area contributed by atoms with E-state index in [0.717, 1.165) is 89.2 Å². The van der Waals surface area contributed by atoms with Crippen molar-refractivity contribution in [3.63, 3.8) is 0 Å². The predicted octanol–water partition coefficient (Wildman–Crippen LogP) is 6.20. The summed E-state index contributed by atoms with van der Waals surface area (Å²) in [7, 11) is 0. The quantitative estimate of drug-likeness (QED) is 0.217. The molecule has 2 N–H and O–H groups in total. The number of hydrogen-bond donors (Lipinski definition) is 2. The molecule has 0 atom stereocenters. The number of likely N-dealkylation sites (tertiary alicyclic amines) is 1. The lowest BCUT2D eigenvalue weighted by molar-refractivity contribution is -0.126. The number of phenolic OH excluding ortho intramolecular Hbond substituents is 1. The molecule has 1 fully saturated rings. The van der Waals surface area contributed by atoms with Gasteiger partial charge in [0.15, 0.2) is 11.3 Å². The van der Waals surface area contributed by atoms with Gasteiger partial charge in [-0.1, -0.05) is 66.7 Å². The number of carbonyl (C=O) groups excluding carboxylic acids is 1. The molecule has 1 aliphatic rings. The molecule has 0 spiro atoms. The molecule has 1 saturated heterocycles. The van der Waals surface area contributed by atoms with E-state index < -0.39 is 0 Å². The second-order valence-corrected chi connectivity index (χ2v) is 11.9. The Balaban J connectivity index is 1.03. The number of carbonyl (C=O) groups is 1. The van der Waals surface area contributed by atoms with Crippen molar-refractivity contribution in [1.29, 1.82) is 0 Å². The number of amides is 1. The number of nitrogens with zero attached hydrogens (tertiary/aromatic N) is 5. The van der Waals surface area contributed by atoms with Gasteiger partial charge in [0, 0.05) is 47.8 Å². The van der Waals surface area contributed by atoms with Gasteiger partial charge in [-0.15, -0.1) is 0 Å². The van der Waals surface area contributed by atoms with E-state index in [1.807, 2.05) is 41.9 Å². The summed E-state index contributed by atoms with van der Waals surface area (Å²) in [6.45, 7) is 5.23. The number of hydrogen-bond acceptors (Lipinski definition) is 6. The van der Waals surface area contributed by atoms with Crippen molar-refractivity contribution in [2.45, 2.75) is 32.7 Å². The molecule has 1 amide bonds. The van der Waals surface area contributed by atoms with E-state index in [1.165, 1.54) is 5.56 Å². The van der Waals surface area contributed by atoms with Gasteiger partial charge in [-0.25, -0.2) is 9.97 Å². The van der Waals surface area contributed by atoms with Gasteiger partial charge in [0.2, 0.25) is 5.91 Å². The second kappa shape index (κ2) is 12.5. The molecule has 0 aliphatic carbocycles. The Hall–Kier alpha value is -5.08. The highest BCUT2D eigenvalue weighted by Crippen LogP contribution is 2.34. The normalized spacial score (nSPS) is 14.2. The Morgan fingerprint density at radius 3 is 2.40 bits per heavy atom. The van der Waals surface area contributed by atoms with Crippen molar-refractivity contribution >= 4 is 22.6 Å². The van der Waals surface area contributed by atoms with Crippen molar-refractivity contribution in [2.24, 2.45) is 5.92 Å². The van der Waals surface area contributed by atoms with Crippen LogP contribution < -0.4 is 5.32 Å². The summed E-state index contributed by atoms with van der Waals surface area (Å²) in [4.78, 5) is 25.0. The molecule has 7 rings (SSSR count). The van der Waals surface area contributed by atoms with E-state index in [1.54, 1.807) is 12.1 Å². The van der Waals surface area contributed by atoms with Crippen LogP contribution in [0.1, 0.15) is 29.7 Å². The average molecular weight is 597 g/mol. The van der Waals surface area contributed by atoms with Gasteiger partial charge >= 0.3 is 0 Å². The minimum Gasteiger partial charge on any atom is -0.508 e. The number of aromatic hydroxyl groups is 1. The minimum atomic E-state index is 0.0547. The number of pyridine rings is 1. The summed E-state index contributed by atoms with van der Waals surface area (Å²) < 4.78 is 1.83. The molecular formula is C37H36N6O2. The first-order valence-electron chi connectivity index (χ1n) is 15.6. The molecule has 226 valence electrons. The number of fused-ring (bicyclic) bond motifs is 3. The monoisotopic (exact) mass is 596 g/mol. The van der Waals surface area contributed by atoms with Crippen LogP contribution >= 0.6 is 0 Å². The zero-order valence-electron chi connectivity index (χ0n) is 25.4. The van der Waals surface area contributed by atoms with Gasteiger partial charge in [0.1, 0.15) is 5.75 Å². The lowest BCUT2D eigenvalue weighted by atomic mass is 9.95. The highest BCUT2D eigenvalue weighted by molar-refractivity contribution is 5.90. The summed E-state index contributed by atoms with van der Waals surface area (Å²) in [6.07, 6.45) is 4.36. The first-order chi connectivity index (χ1) is 22.0. The summed E-state index contributed by atoms with van der Waals surface area (Å²) in [5.41, 5.74) is 8.96. The number of nitrogens with one attached hydrogen (secondary N) is 1. The summed E-state index contributed by atoms with van der Waals surface area (Å²) >= 11 is 0. The van der Waals surface area contributed by atoms with Crippen LogP contribution in [0.3, 0.4) is 0 Å². The summed E-state index contributed by atoms with van der Waals surface area (Å²) in [5, 5.41) is 18.2. The number of aryl methyl sites for hydroxylation is 1. The number of phenols is 1. The zero-order valence-corrected chi connectivity index (χ0v) is 25.4. The van der Waals surface area contributed by atoms with Crippen molar-refractivity contribution < 1.29 is 9.90 Å². The van der Waals surface area contributed by atoms with Crippen molar-refractivity contribution in [2.75, 3.05) is 19.6 Å². The van der Waals surface area contributed by atoms with Crippen LogP contribution in [0.5, 0.6) is 5.75 Å². The standard InChI is InChI=1S/C37H36N6O2/c1-25-21-34-39-23-31-22-33(28-5-3-2-4-6-28)35(40-36(31)43(34)41-25)29-11-7-27(8-12-29)24-42-19-16-30(17-20-42)37(45)38-18-15-26-9-13-32(44)14-10-26/h2-14,21-23,30,44H,15-20,24H2,1H3,(H,38,45). The number of aromatic nitrogens is 4. The third-order valence-corrected chi connectivity index (χ3v) is 8.71. The second-order valence-electron chi connectivity index (χ2n) is 11.9. The molecular weight excluding hydrogens is 560 g/mol. The molecule has 8 heteroatoms. The smallest absolute Gasteiger partial charge is 0.223 e. The Labute approximate surface area is 262 Å². The Kier molecular flexibility index (Phi) is 7.96. The zero-order chi connectivity index (χ0) is 30.8. The highest BCUT2D eigenvalue weighted by Gasteiger charge is 2.25. The van der Waals surface area contributed by atoms with Crippen molar-refractivity contribution in [3.05, 3.63) is 114 Å². The fourth-order valence-corrected chi connectivity index (χ4v) is 6.23. The largest absolute Gasteiger partial charge is 0.508 e. The summed E-state index contributed by atoms with van der Waals surface area (Å²) in [6, 6.07) is 30.4. The topological polar surface area (TPSA) is 95.7 Å². The maximum Gasteiger partial charge on any atom is 0.223 e. The maximum atomic E-state index is 12.8. The molecule has 0 radical (unpaired) electrons. The van der Waals surface area contributed by atoms with Gasteiger partial charge < -0.3 is 10.4 Å². The van der Waals surface area contributed by atoms with Crippen LogP contribution in [0.2, 0.25) is 0 Å². The van der Waals surface area contributed by atoms with E-state index in [0.29, 0.717) is 6.54 Å². The van der Waals surface area contributed by atoms with E-state index in [2.05, 4.69) is 74.9 Å².